The van der Waals surface area contributed by atoms with Crippen molar-refractivity contribution >= 4 is 23.5 Å². The molecule has 3 rings (SSSR count). The summed E-state index contributed by atoms with van der Waals surface area (Å²) in [6.07, 6.45) is 5.92. The number of carbonyl (C=O) groups excluding carboxylic acids is 3. The average Bonchev–Trinajstić information content (AvgIpc) is 2.84. The molecule has 2 atom stereocenters. The molecule has 1 saturated heterocycles. The van der Waals surface area contributed by atoms with Crippen molar-refractivity contribution in [2.45, 2.75) is 26.2 Å². The van der Waals surface area contributed by atoms with E-state index < -0.39 is 5.97 Å². The number of fused-ring (bicyclic) bond motifs is 1. The second-order valence-electron chi connectivity index (χ2n) is 5.85. The highest BCUT2D eigenvalue weighted by Gasteiger charge is 2.47. The van der Waals surface area contributed by atoms with E-state index in [1.165, 1.54) is 4.90 Å². The number of hydrogen-bond acceptors (Lipinski definition) is 4. The van der Waals surface area contributed by atoms with Gasteiger partial charge in [0.1, 0.15) is 0 Å². The highest BCUT2D eigenvalue weighted by atomic mass is 16.5. The van der Waals surface area contributed by atoms with Crippen LogP contribution in [0.1, 0.15) is 36.5 Å². The summed E-state index contributed by atoms with van der Waals surface area (Å²) in [5.41, 5.74) is 0.932. The van der Waals surface area contributed by atoms with Crippen molar-refractivity contribution < 1.29 is 19.1 Å². The number of ether oxygens (including phenoxy) is 1. The normalized spacial score (nSPS) is 23.1. The third-order valence-electron chi connectivity index (χ3n) is 4.31. The molecule has 0 N–H and O–H groups in total. The minimum absolute atomic E-state index is 0.148. The molecule has 1 aromatic carbocycles. The SMILES string of the molecule is CCCOC(=O)c1ccc(N2C(=O)C3CC=CCC3C2=O)cc1. The van der Waals surface area contributed by atoms with Gasteiger partial charge in [-0.2, -0.15) is 0 Å². The largest absolute Gasteiger partial charge is 0.462 e. The van der Waals surface area contributed by atoms with Gasteiger partial charge in [-0.15, -0.1) is 0 Å². The smallest absolute Gasteiger partial charge is 0.338 e. The standard InChI is InChI=1S/C18H19NO4/c1-2-11-23-18(22)12-7-9-13(10-8-12)19-16(20)14-5-3-4-6-15(14)17(19)21/h3-4,7-10,14-15H,2,5-6,11H2,1H3. The second kappa shape index (κ2) is 6.36. The summed E-state index contributed by atoms with van der Waals surface area (Å²) in [7, 11) is 0. The van der Waals surface area contributed by atoms with Crippen LogP contribution in [0, 0.1) is 11.8 Å². The lowest BCUT2D eigenvalue weighted by Crippen LogP contribution is -2.30. The van der Waals surface area contributed by atoms with E-state index in [2.05, 4.69) is 0 Å². The van der Waals surface area contributed by atoms with E-state index in [9.17, 15) is 14.4 Å². The molecule has 2 amide bonds. The Morgan fingerprint density at radius 1 is 1.09 bits per heavy atom. The molecule has 1 heterocycles. The van der Waals surface area contributed by atoms with E-state index in [0.717, 1.165) is 6.42 Å². The van der Waals surface area contributed by atoms with Crippen molar-refractivity contribution in [1.29, 1.82) is 0 Å². The molecule has 1 fully saturated rings. The van der Waals surface area contributed by atoms with Crippen LogP contribution in [-0.2, 0) is 14.3 Å². The van der Waals surface area contributed by atoms with Gasteiger partial charge in [0.05, 0.1) is 29.7 Å². The molecule has 0 radical (unpaired) electrons. The number of allylic oxidation sites excluding steroid dienone is 2. The van der Waals surface area contributed by atoms with Crippen LogP contribution < -0.4 is 4.90 Å². The first-order chi connectivity index (χ1) is 11.1. The van der Waals surface area contributed by atoms with E-state index in [1.54, 1.807) is 24.3 Å². The summed E-state index contributed by atoms with van der Waals surface area (Å²) >= 11 is 0. The summed E-state index contributed by atoms with van der Waals surface area (Å²) in [5, 5.41) is 0. The first-order valence-electron chi connectivity index (χ1n) is 7.93. The molecule has 1 aliphatic heterocycles. The van der Waals surface area contributed by atoms with Crippen LogP contribution in [0.3, 0.4) is 0 Å². The van der Waals surface area contributed by atoms with E-state index in [1.807, 2.05) is 19.1 Å². The molecule has 0 saturated carbocycles. The van der Waals surface area contributed by atoms with Gasteiger partial charge in [0, 0.05) is 0 Å². The quantitative estimate of drug-likeness (QED) is 0.487. The molecule has 2 aliphatic rings. The van der Waals surface area contributed by atoms with Gasteiger partial charge in [0.25, 0.3) is 0 Å². The Kier molecular flexibility index (Phi) is 4.28. The zero-order chi connectivity index (χ0) is 16.4. The lowest BCUT2D eigenvalue weighted by molar-refractivity contribution is -0.122. The van der Waals surface area contributed by atoms with Crippen molar-refractivity contribution in [2.24, 2.45) is 11.8 Å². The molecule has 1 aromatic rings. The molecule has 5 nitrogen and oxygen atoms in total. The number of amides is 2. The summed E-state index contributed by atoms with van der Waals surface area (Å²) in [6.45, 7) is 2.30. The molecule has 120 valence electrons. The first kappa shape index (κ1) is 15.5. The fourth-order valence-electron chi connectivity index (χ4n) is 3.08. The van der Waals surface area contributed by atoms with Gasteiger partial charge in [0.2, 0.25) is 11.8 Å². The number of anilines is 1. The molecule has 1 aliphatic carbocycles. The monoisotopic (exact) mass is 313 g/mol. The van der Waals surface area contributed by atoms with Gasteiger partial charge in [-0.05, 0) is 43.5 Å². The zero-order valence-electron chi connectivity index (χ0n) is 13.0. The predicted octanol–water partition coefficient (Wildman–Crippen LogP) is 2.71. The van der Waals surface area contributed by atoms with Crippen LogP contribution >= 0.6 is 0 Å². The molecule has 2 unspecified atom stereocenters. The lowest BCUT2D eigenvalue weighted by atomic mass is 9.85. The number of rotatable bonds is 4. The first-order valence-corrected chi connectivity index (χ1v) is 7.93. The number of benzene rings is 1. The van der Waals surface area contributed by atoms with E-state index >= 15 is 0 Å². The Bertz CT molecular complexity index is 636. The van der Waals surface area contributed by atoms with E-state index in [0.29, 0.717) is 30.7 Å². The van der Waals surface area contributed by atoms with Crippen LogP contribution in [0.4, 0.5) is 5.69 Å². The molecule has 5 heteroatoms. The third-order valence-corrected chi connectivity index (χ3v) is 4.31. The highest BCUT2D eigenvalue weighted by Crippen LogP contribution is 2.37. The Labute approximate surface area is 134 Å². The van der Waals surface area contributed by atoms with Crippen LogP contribution in [0.2, 0.25) is 0 Å². The number of hydrogen-bond donors (Lipinski definition) is 0. The van der Waals surface area contributed by atoms with Crippen molar-refractivity contribution in [1.82, 2.24) is 0 Å². The molecular weight excluding hydrogens is 294 g/mol. The number of nitrogens with zero attached hydrogens (tertiary/aromatic N) is 1. The van der Waals surface area contributed by atoms with Crippen molar-refractivity contribution in [2.75, 3.05) is 11.5 Å². The predicted molar refractivity (Wildman–Crippen MR) is 84.9 cm³/mol. The van der Waals surface area contributed by atoms with Gasteiger partial charge < -0.3 is 4.74 Å². The van der Waals surface area contributed by atoms with Gasteiger partial charge >= 0.3 is 5.97 Å². The fraction of sp³-hybridized carbons (Fsp3) is 0.389. The zero-order valence-corrected chi connectivity index (χ0v) is 13.0. The molecule has 0 aromatic heterocycles. The summed E-state index contributed by atoms with van der Waals surface area (Å²) in [4.78, 5) is 38.0. The van der Waals surface area contributed by atoms with Crippen molar-refractivity contribution in [3.63, 3.8) is 0 Å². The lowest BCUT2D eigenvalue weighted by Gasteiger charge is -2.15. The number of imide groups is 1. The van der Waals surface area contributed by atoms with Crippen molar-refractivity contribution in [3.05, 3.63) is 42.0 Å². The molecule has 0 spiro atoms. The summed E-state index contributed by atoms with van der Waals surface area (Å²) in [5.74, 6) is -1.19. The summed E-state index contributed by atoms with van der Waals surface area (Å²) in [6, 6.07) is 6.44. The van der Waals surface area contributed by atoms with E-state index in [4.69, 9.17) is 4.74 Å². The Morgan fingerprint density at radius 2 is 1.65 bits per heavy atom. The fourth-order valence-corrected chi connectivity index (χ4v) is 3.08. The topological polar surface area (TPSA) is 63.7 Å². The minimum atomic E-state index is -0.393. The second-order valence-corrected chi connectivity index (χ2v) is 5.85. The van der Waals surface area contributed by atoms with Crippen molar-refractivity contribution in [3.8, 4) is 0 Å². The van der Waals surface area contributed by atoms with Crippen LogP contribution in [0.25, 0.3) is 0 Å². The molecule has 0 bridgehead atoms. The van der Waals surface area contributed by atoms with Crippen LogP contribution in [-0.4, -0.2) is 24.4 Å². The van der Waals surface area contributed by atoms with E-state index in [-0.39, 0.29) is 23.7 Å². The van der Waals surface area contributed by atoms with Crippen LogP contribution in [0.5, 0.6) is 0 Å². The summed E-state index contributed by atoms with van der Waals surface area (Å²) < 4.78 is 5.07. The van der Waals surface area contributed by atoms with Crippen LogP contribution in [0.15, 0.2) is 36.4 Å². The van der Waals surface area contributed by atoms with Gasteiger partial charge in [-0.25, -0.2) is 4.79 Å². The number of carbonyl (C=O) groups is 3. The Balaban J connectivity index is 1.78. The average molecular weight is 313 g/mol. The minimum Gasteiger partial charge on any atom is -0.462 e. The maximum Gasteiger partial charge on any atom is 0.338 e. The third kappa shape index (κ3) is 2.79. The molecular formula is C18H19NO4. The highest BCUT2D eigenvalue weighted by molar-refractivity contribution is 6.22. The molecule has 23 heavy (non-hydrogen) atoms. The van der Waals surface area contributed by atoms with Gasteiger partial charge in [-0.3, -0.25) is 14.5 Å². The van der Waals surface area contributed by atoms with Gasteiger partial charge in [0.15, 0.2) is 0 Å². The Hall–Kier alpha value is -2.43. The maximum atomic E-state index is 12.5. The van der Waals surface area contributed by atoms with Gasteiger partial charge in [-0.1, -0.05) is 19.1 Å². The Morgan fingerprint density at radius 3 is 2.17 bits per heavy atom. The maximum absolute atomic E-state index is 12.5. The number of esters is 1.